The first kappa shape index (κ1) is 32.6. The Labute approximate surface area is 225 Å². The average molecular weight is 558 g/mol. The van der Waals surface area contributed by atoms with E-state index in [0.717, 1.165) is 19.4 Å². The number of carbonyl (C=O) groups excluding carboxylic acids is 3. The third kappa shape index (κ3) is 9.47. The molecule has 0 bridgehead atoms. The SMILES string of the molecule is CC(C)(C)OC(=O)N1CC(=O)NC2COCC21.Cl.Cl.N[C@@H]1CCC[C@@H]1N.O=C1CNC2COCC2N1. The minimum Gasteiger partial charge on any atom is -0.444 e. The van der Waals surface area contributed by atoms with Gasteiger partial charge < -0.3 is 41.6 Å². The molecule has 36 heavy (non-hydrogen) atoms. The Hall–Kier alpha value is -1.41. The number of ether oxygens (including phenoxy) is 3. The number of nitrogens with zero attached hydrogens (tertiary/aromatic N) is 1. The molecule has 4 saturated heterocycles. The van der Waals surface area contributed by atoms with E-state index in [1.54, 1.807) is 20.8 Å². The van der Waals surface area contributed by atoms with Gasteiger partial charge in [-0.1, -0.05) is 6.42 Å². The van der Waals surface area contributed by atoms with Gasteiger partial charge in [0.15, 0.2) is 0 Å². The number of amides is 3. The van der Waals surface area contributed by atoms with E-state index in [9.17, 15) is 14.4 Å². The van der Waals surface area contributed by atoms with Crippen molar-refractivity contribution < 1.29 is 28.6 Å². The van der Waals surface area contributed by atoms with Crippen LogP contribution in [0.25, 0.3) is 0 Å². The Morgan fingerprint density at radius 3 is 2.06 bits per heavy atom. The van der Waals surface area contributed by atoms with Gasteiger partial charge in [0, 0.05) is 12.1 Å². The van der Waals surface area contributed by atoms with Gasteiger partial charge in [0.05, 0.1) is 57.1 Å². The summed E-state index contributed by atoms with van der Waals surface area (Å²) in [6, 6.07) is 0.922. The normalized spacial score (nSPS) is 32.5. The molecule has 0 aromatic rings. The third-order valence-corrected chi connectivity index (χ3v) is 6.32. The number of piperazine rings is 2. The van der Waals surface area contributed by atoms with Gasteiger partial charge in [-0.15, -0.1) is 24.8 Å². The molecule has 0 aromatic heterocycles. The molecule has 0 spiro atoms. The van der Waals surface area contributed by atoms with E-state index in [-0.39, 0.29) is 61.3 Å². The summed E-state index contributed by atoms with van der Waals surface area (Å²) in [5, 5.41) is 8.76. The van der Waals surface area contributed by atoms with Crippen LogP contribution in [0.1, 0.15) is 40.0 Å². The van der Waals surface area contributed by atoms with Crippen LogP contribution >= 0.6 is 24.8 Å². The zero-order chi connectivity index (χ0) is 24.9. The van der Waals surface area contributed by atoms with E-state index >= 15 is 0 Å². The minimum absolute atomic E-state index is 0. The number of rotatable bonds is 0. The van der Waals surface area contributed by atoms with Crippen molar-refractivity contribution in [3.05, 3.63) is 0 Å². The Kier molecular flexibility index (Phi) is 13.1. The Bertz CT molecular complexity index is 734. The number of nitrogens with two attached hydrogens (primary N) is 2. The molecule has 210 valence electrons. The maximum atomic E-state index is 12.0. The first-order chi connectivity index (χ1) is 16.0. The molecule has 6 atom stereocenters. The minimum atomic E-state index is -0.556. The van der Waals surface area contributed by atoms with Crippen molar-refractivity contribution >= 4 is 42.7 Å². The number of halogens is 2. The summed E-state index contributed by atoms with van der Waals surface area (Å²) in [5.41, 5.74) is 10.6. The highest BCUT2D eigenvalue weighted by molar-refractivity contribution is 5.86. The Morgan fingerprint density at radius 2 is 1.47 bits per heavy atom. The standard InChI is InChI=1S/C11H18N2O4.C6H10N2O2.C5H12N2.2ClH/c1-11(2,3)17-10(15)13-4-9(14)12-7-5-16-6-8(7)13;9-6-1-7-4-2-10-3-5(4)8-6;6-4-2-1-3-5(4)7;;/h7-8H,4-6H2,1-3H3,(H,12,14);4-5,7H,1-3H2,(H,8,9);4-5H,1-3,6-7H2;2*1H/t;;4-,5+;;. The van der Waals surface area contributed by atoms with Crippen molar-refractivity contribution in [2.24, 2.45) is 11.5 Å². The zero-order valence-electron chi connectivity index (χ0n) is 21.2. The molecule has 3 amide bonds. The molecule has 0 radical (unpaired) electrons. The van der Waals surface area contributed by atoms with Crippen molar-refractivity contribution in [2.75, 3.05) is 39.5 Å². The molecule has 5 rings (SSSR count). The van der Waals surface area contributed by atoms with Gasteiger partial charge in [-0.3, -0.25) is 14.5 Å². The lowest BCUT2D eigenvalue weighted by atomic mass is 10.1. The van der Waals surface area contributed by atoms with E-state index in [1.165, 1.54) is 11.3 Å². The number of hydrogen-bond donors (Lipinski definition) is 5. The largest absolute Gasteiger partial charge is 0.444 e. The van der Waals surface area contributed by atoms with Gasteiger partial charge in [0.25, 0.3) is 0 Å². The Morgan fingerprint density at radius 1 is 0.917 bits per heavy atom. The van der Waals surface area contributed by atoms with Crippen LogP contribution in [0.4, 0.5) is 4.79 Å². The number of fused-ring (bicyclic) bond motifs is 2. The van der Waals surface area contributed by atoms with Gasteiger partial charge in [-0.2, -0.15) is 0 Å². The van der Waals surface area contributed by atoms with Gasteiger partial charge in [-0.25, -0.2) is 4.79 Å². The Balaban J connectivity index is 0.000000290. The third-order valence-electron chi connectivity index (χ3n) is 6.32. The summed E-state index contributed by atoms with van der Waals surface area (Å²) in [7, 11) is 0. The van der Waals surface area contributed by atoms with E-state index in [2.05, 4.69) is 16.0 Å². The summed E-state index contributed by atoms with van der Waals surface area (Å²) in [6.07, 6.45) is 3.03. The van der Waals surface area contributed by atoms with Crippen molar-refractivity contribution in [3.8, 4) is 0 Å². The second-order valence-corrected chi connectivity index (χ2v) is 10.3. The molecule has 4 unspecified atom stereocenters. The molecular weight excluding hydrogens is 515 g/mol. The van der Waals surface area contributed by atoms with Crippen LogP contribution in [-0.4, -0.2) is 104 Å². The molecule has 7 N–H and O–H groups in total. The summed E-state index contributed by atoms with van der Waals surface area (Å²) in [4.78, 5) is 35.7. The fraction of sp³-hybridized carbons (Fsp3) is 0.864. The second kappa shape index (κ2) is 14.5. The summed E-state index contributed by atoms with van der Waals surface area (Å²) >= 11 is 0. The first-order valence-corrected chi connectivity index (χ1v) is 12.0. The fourth-order valence-corrected chi connectivity index (χ4v) is 4.43. The maximum absolute atomic E-state index is 12.0. The van der Waals surface area contributed by atoms with Crippen molar-refractivity contribution in [1.82, 2.24) is 20.9 Å². The summed E-state index contributed by atoms with van der Waals surface area (Å²) < 4.78 is 15.7. The smallest absolute Gasteiger partial charge is 0.411 e. The lowest BCUT2D eigenvalue weighted by molar-refractivity contribution is -0.126. The quantitative estimate of drug-likeness (QED) is 0.258. The number of nitrogens with one attached hydrogen (secondary N) is 3. The van der Waals surface area contributed by atoms with Crippen LogP contribution in [0.15, 0.2) is 0 Å². The van der Waals surface area contributed by atoms with E-state index < -0.39 is 11.7 Å². The monoisotopic (exact) mass is 556 g/mol. The lowest BCUT2D eigenvalue weighted by Crippen LogP contribution is -2.62. The van der Waals surface area contributed by atoms with E-state index in [1.807, 2.05) is 0 Å². The molecule has 5 aliphatic rings. The zero-order valence-corrected chi connectivity index (χ0v) is 22.8. The molecule has 14 heteroatoms. The van der Waals surface area contributed by atoms with Crippen LogP contribution in [0, 0.1) is 0 Å². The lowest BCUT2D eigenvalue weighted by Gasteiger charge is -2.37. The highest BCUT2D eigenvalue weighted by Crippen LogP contribution is 2.20. The van der Waals surface area contributed by atoms with Crippen LogP contribution in [-0.2, 0) is 23.8 Å². The molecule has 12 nitrogen and oxygen atoms in total. The van der Waals surface area contributed by atoms with E-state index in [0.29, 0.717) is 44.5 Å². The van der Waals surface area contributed by atoms with Gasteiger partial charge >= 0.3 is 6.09 Å². The predicted octanol–water partition coefficient (Wildman–Crippen LogP) is -0.738. The molecule has 4 heterocycles. The summed E-state index contributed by atoms with van der Waals surface area (Å²) in [6.45, 7) is 8.17. The molecule has 5 fully saturated rings. The van der Waals surface area contributed by atoms with E-state index in [4.69, 9.17) is 25.7 Å². The highest BCUT2D eigenvalue weighted by Gasteiger charge is 2.42. The second-order valence-electron chi connectivity index (χ2n) is 10.3. The molecule has 4 aliphatic heterocycles. The van der Waals surface area contributed by atoms with Gasteiger partial charge in [0.1, 0.15) is 12.1 Å². The van der Waals surface area contributed by atoms with Crippen LogP contribution in [0.5, 0.6) is 0 Å². The van der Waals surface area contributed by atoms with Crippen LogP contribution in [0.3, 0.4) is 0 Å². The highest BCUT2D eigenvalue weighted by atomic mass is 35.5. The number of carbonyl (C=O) groups is 3. The van der Waals surface area contributed by atoms with Gasteiger partial charge in [-0.05, 0) is 33.6 Å². The molecular formula is C22H42Cl2N6O6. The van der Waals surface area contributed by atoms with Gasteiger partial charge in [0.2, 0.25) is 11.8 Å². The van der Waals surface area contributed by atoms with Crippen molar-refractivity contribution in [2.45, 2.75) is 81.9 Å². The van der Waals surface area contributed by atoms with Crippen molar-refractivity contribution in [1.29, 1.82) is 0 Å². The molecule has 0 aromatic carbocycles. The average Bonchev–Trinajstić information content (AvgIpc) is 3.48. The topological polar surface area (TPSA) is 170 Å². The molecule has 1 saturated carbocycles. The number of hydrogen-bond acceptors (Lipinski definition) is 9. The summed E-state index contributed by atoms with van der Waals surface area (Å²) in [5.74, 6) is -0.0886. The first-order valence-electron chi connectivity index (χ1n) is 12.0. The van der Waals surface area contributed by atoms with Crippen molar-refractivity contribution in [3.63, 3.8) is 0 Å². The van der Waals surface area contributed by atoms with Crippen LogP contribution < -0.4 is 27.4 Å². The maximum Gasteiger partial charge on any atom is 0.411 e. The predicted molar refractivity (Wildman–Crippen MR) is 138 cm³/mol. The molecule has 1 aliphatic carbocycles. The van der Waals surface area contributed by atoms with Crippen LogP contribution in [0.2, 0.25) is 0 Å². The fourth-order valence-electron chi connectivity index (χ4n) is 4.43.